The van der Waals surface area contributed by atoms with Crippen molar-refractivity contribution in [2.75, 3.05) is 17.0 Å². The minimum Gasteiger partial charge on any atom is -0.399 e. The molecule has 0 unspecified atom stereocenters. The number of alkyl halides is 3. The van der Waals surface area contributed by atoms with E-state index in [-0.39, 0.29) is 12.2 Å². The summed E-state index contributed by atoms with van der Waals surface area (Å²) in [5.41, 5.74) is 3.44. The molecule has 0 amide bonds. The van der Waals surface area contributed by atoms with Crippen LogP contribution in [0.3, 0.4) is 0 Å². The molecule has 0 atom stereocenters. The molecule has 9 heteroatoms. The molecule has 1 aromatic rings. The highest BCUT2D eigenvalue weighted by Crippen LogP contribution is 2.36. The van der Waals surface area contributed by atoms with Gasteiger partial charge < -0.3 is 5.73 Å². The quantitative estimate of drug-likeness (QED) is 0.733. The first-order valence-corrected chi connectivity index (χ1v) is 6.38. The third-order valence-corrected chi connectivity index (χ3v) is 3.09. The second kappa shape index (κ2) is 5.02. The zero-order chi connectivity index (χ0) is 14.0. The third kappa shape index (κ3) is 3.77. The number of nitrogens with one attached hydrogen (secondary N) is 2. The molecule has 0 aliphatic carbocycles. The Morgan fingerprint density at radius 3 is 2.44 bits per heavy atom. The summed E-state index contributed by atoms with van der Waals surface area (Å²) in [6.07, 6.45) is -4.69. The van der Waals surface area contributed by atoms with Gasteiger partial charge in [0.25, 0.3) is 10.2 Å². The van der Waals surface area contributed by atoms with E-state index < -0.39 is 27.6 Å². The number of hydrogen-bond donors (Lipinski definition) is 3. The average molecular weight is 283 g/mol. The van der Waals surface area contributed by atoms with Gasteiger partial charge in [-0.3, -0.25) is 4.72 Å². The van der Waals surface area contributed by atoms with Crippen LogP contribution in [0.25, 0.3) is 0 Å². The van der Waals surface area contributed by atoms with E-state index in [2.05, 4.69) is 0 Å². The summed E-state index contributed by atoms with van der Waals surface area (Å²) < 4.78 is 64.6. The Labute approximate surface area is 102 Å². The van der Waals surface area contributed by atoms with Gasteiger partial charge in [0.2, 0.25) is 0 Å². The molecule has 0 radical (unpaired) electrons. The van der Waals surface area contributed by atoms with Gasteiger partial charge in [0, 0.05) is 12.2 Å². The molecule has 0 saturated heterocycles. The highest BCUT2D eigenvalue weighted by atomic mass is 32.2. The minimum atomic E-state index is -4.69. The van der Waals surface area contributed by atoms with Crippen LogP contribution in [0.4, 0.5) is 24.5 Å². The largest absolute Gasteiger partial charge is 0.418 e. The van der Waals surface area contributed by atoms with Crippen molar-refractivity contribution in [1.29, 1.82) is 0 Å². The van der Waals surface area contributed by atoms with Crippen molar-refractivity contribution in [2.24, 2.45) is 0 Å². The Balaban J connectivity index is 3.18. The molecular weight excluding hydrogens is 271 g/mol. The van der Waals surface area contributed by atoms with Crippen molar-refractivity contribution >= 4 is 21.6 Å². The fraction of sp³-hybridized carbons (Fsp3) is 0.333. The lowest BCUT2D eigenvalue weighted by molar-refractivity contribution is -0.136. The summed E-state index contributed by atoms with van der Waals surface area (Å²) in [5.74, 6) is 0. The zero-order valence-corrected chi connectivity index (χ0v) is 10.2. The highest BCUT2D eigenvalue weighted by Gasteiger charge is 2.34. The number of halogens is 3. The summed E-state index contributed by atoms with van der Waals surface area (Å²) in [6.45, 7) is 1.57. The van der Waals surface area contributed by atoms with Gasteiger partial charge in [-0.25, -0.2) is 0 Å². The molecule has 0 heterocycles. The molecule has 0 spiro atoms. The number of rotatable bonds is 4. The number of nitrogen functional groups attached to an aromatic ring is 1. The normalized spacial score (nSPS) is 12.4. The smallest absolute Gasteiger partial charge is 0.399 e. The minimum absolute atomic E-state index is 0.0612. The molecule has 5 nitrogen and oxygen atoms in total. The second-order valence-electron chi connectivity index (χ2n) is 3.41. The van der Waals surface area contributed by atoms with E-state index in [0.29, 0.717) is 6.07 Å². The van der Waals surface area contributed by atoms with Gasteiger partial charge in [-0.1, -0.05) is 6.92 Å². The first-order chi connectivity index (χ1) is 8.15. The number of hydrogen-bond acceptors (Lipinski definition) is 3. The molecular formula is C9H12F3N3O2S. The van der Waals surface area contributed by atoms with Gasteiger partial charge >= 0.3 is 6.18 Å². The van der Waals surface area contributed by atoms with E-state index >= 15 is 0 Å². The van der Waals surface area contributed by atoms with Crippen LogP contribution in [0.2, 0.25) is 0 Å². The van der Waals surface area contributed by atoms with Crippen LogP contribution in [0.15, 0.2) is 18.2 Å². The van der Waals surface area contributed by atoms with E-state index in [9.17, 15) is 21.6 Å². The maximum Gasteiger partial charge on any atom is 0.418 e. The molecule has 0 saturated carbocycles. The first-order valence-electron chi connectivity index (χ1n) is 4.90. The van der Waals surface area contributed by atoms with E-state index in [4.69, 9.17) is 5.73 Å². The molecule has 0 aromatic heterocycles. The molecule has 102 valence electrons. The molecule has 18 heavy (non-hydrogen) atoms. The number of nitrogens with two attached hydrogens (primary N) is 1. The fourth-order valence-electron chi connectivity index (χ4n) is 1.26. The number of benzene rings is 1. The van der Waals surface area contributed by atoms with E-state index in [1.165, 1.54) is 13.0 Å². The molecule has 1 aromatic carbocycles. The van der Waals surface area contributed by atoms with Crippen LogP contribution in [-0.2, 0) is 16.4 Å². The van der Waals surface area contributed by atoms with Crippen molar-refractivity contribution < 1.29 is 21.6 Å². The maximum atomic E-state index is 12.7. The van der Waals surface area contributed by atoms with Gasteiger partial charge in [-0.2, -0.15) is 26.3 Å². The Bertz CT molecular complexity index is 528. The van der Waals surface area contributed by atoms with Crippen LogP contribution in [0.5, 0.6) is 0 Å². The van der Waals surface area contributed by atoms with Crippen LogP contribution in [0, 0.1) is 0 Å². The SMILES string of the molecule is CCNS(=O)(=O)Nc1ccc(N)cc1C(F)(F)F. The molecule has 0 aliphatic heterocycles. The lowest BCUT2D eigenvalue weighted by atomic mass is 10.1. The predicted octanol–water partition coefficient (Wildman–Crippen LogP) is 1.55. The Morgan fingerprint density at radius 1 is 1.33 bits per heavy atom. The molecule has 0 bridgehead atoms. The van der Waals surface area contributed by atoms with Gasteiger partial charge in [0.1, 0.15) is 0 Å². The van der Waals surface area contributed by atoms with Crippen LogP contribution in [0.1, 0.15) is 12.5 Å². The zero-order valence-electron chi connectivity index (χ0n) is 9.38. The Morgan fingerprint density at radius 2 is 1.94 bits per heavy atom. The van der Waals surface area contributed by atoms with Crippen molar-refractivity contribution in [1.82, 2.24) is 4.72 Å². The van der Waals surface area contributed by atoms with Gasteiger partial charge in [0.05, 0.1) is 11.3 Å². The Hall–Kier alpha value is -1.48. The summed E-state index contributed by atoms with van der Waals surface area (Å²) >= 11 is 0. The summed E-state index contributed by atoms with van der Waals surface area (Å²) in [6, 6.07) is 2.82. The lowest BCUT2D eigenvalue weighted by Crippen LogP contribution is -2.30. The third-order valence-electron chi connectivity index (χ3n) is 1.93. The van der Waals surface area contributed by atoms with Crippen molar-refractivity contribution in [2.45, 2.75) is 13.1 Å². The lowest BCUT2D eigenvalue weighted by Gasteiger charge is -2.15. The standard InChI is InChI=1S/C9H12F3N3O2S/c1-2-14-18(16,17)15-8-4-3-6(13)5-7(8)9(10,11)12/h3-5,14-15H,2,13H2,1H3. The monoisotopic (exact) mass is 283 g/mol. The molecule has 1 rings (SSSR count). The predicted molar refractivity (Wildman–Crippen MR) is 62.1 cm³/mol. The van der Waals surface area contributed by atoms with Gasteiger partial charge in [-0.05, 0) is 18.2 Å². The highest BCUT2D eigenvalue weighted by molar-refractivity contribution is 7.90. The molecule has 4 N–H and O–H groups in total. The van der Waals surface area contributed by atoms with Crippen LogP contribution in [-0.4, -0.2) is 15.0 Å². The number of anilines is 2. The summed E-state index contributed by atoms with van der Waals surface area (Å²) in [4.78, 5) is 0. The van der Waals surface area contributed by atoms with Crippen LogP contribution >= 0.6 is 0 Å². The Kier molecular flexibility index (Phi) is 4.07. The van der Waals surface area contributed by atoms with Gasteiger partial charge in [0.15, 0.2) is 0 Å². The second-order valence-corrected chi connectivity index (χ2v) is 4.91. The topological polar surface area (TPSA) is 84.2 Å². The van der Waals surface area contributed by atoms with E-state index in [1.807, 2.05) is 9.44 Å². The molecule has 0 fully saturated rings. The van der Waals surface area contributed by atoms with E-state index in [0.717, 1.165) is 6.07 Å². The molecule has 0 aliphatic rings. The van der Waals surface area contributed by atoms with Crippen molar-refractivity contribution in [3.63, 3.8) is 0 Å². The summed E-state index contributed by atoms with van der Waals surface area (Å²) in [7, 11) is -4.02. The summed E-state index contributed by atoms with van der Waals surface area (Å²) in [5, 5.41) is 0. The maximum absolute atomic E-state index is 12.7. The van der Waals surface area contributed by atoms with Crippen LogP contribution < -0.4 is 15.2 Å². The van der Waals surface area contributed by atoms with Crippen molar-refractivity contribution in [3.8, 4) is 0 Å². The van der Waals surface area contributed by atoms with Crippen molar-refractivity contribution in [3.05, 3.63) is 23.8 Å². The first kappa shape index (κ1) is 14.6. The van der Waals surface area contributed by atoms with E-state index in [1.54, 1.807) is 0 Å². The average Bonchev–Trinajstić information content (AvgIpc) is 2.18. The van der Waals surface area contributed by atoms with Gasteiger partial charge in [-0.15, -0.1) is 0 Å². The fourth-order valence-corrected chi connectivity index (χ4v) is 2.18.